The first-order valence-electron chi connectivity index (χ1n) is 9.26. The maximum atomic E-state index is 12.8. The fraction of sp³-hybridized carbons (Fsp3) is 0.143. The number of thiazole rings is 1. The molecule has 9 heteroatoms. The number of amides is 1. The molecule has 0 saturated carbocycles. The minimum atomic E-state index is -3.77. The highest BCUT2D eigenvalue weighted by Gasteiger charge is 2.19. The standard InChI is InChI=1S/C21H20N4O3S2/c1-15-7-8-17(20(26)22-13-18-14-25-9-10-29-21(25)24-18)11-19(15)30(27,28)23-12-16-5-3-2-4-6-16/h2-11,14,23H,12-13H2,1H3,(H,22,26). The Morgan fingerprint density at radius 3 is 2.70 bits per heavy atom. The van der Waals surface area contributed by atoms with Gasteiger partial charge in [0.25, 0.3) is 5.91 Å². The lowest BCUT2D eigenvalue weighted by atomic mass is 10.1. The molecule has 0 atom stereocenters. The summed E-state index contributed by atoms with van der Waals surface area (Å²) in [6.07, 6.45) is 3.75. The highest BCUT2D eigenvalue weighted by molar-refractivity contribution is 7.89. The molecule has 30 heavy (non-hydrogen) atoms. The summed E-state index contributed by atoms with van der Waals surface area (Å²) in [5.41, 5.74) is 2.44. The highest BCUT2D eigenvalue weighted by Crippen LogP contribution is 2.18. The van der Waals surface area contributed by atoms with E-state index in [0.717, 1.165) is 16.2 Å². The summed E-state index contributed by atoms with van der Waals surface area (Å²) in [7, 11) is -3.77. The lowest BCUT2D eigenvalue weighted by Gasteiger charge is -2.11. The van der Waals surface area contributed by atoms with Crippen LogP contribution in [0.4, 0.5) is 0 Å². The van der Waals surface area contributed by atoms with Crippen molar-refractivity contribution in [2.45, 2.75) is 24.9 Å². The second-order valence-electron chi connectivity index (χ2n) is 6.80. The molecule has 0 aliphatic carbocycles. The first-order valence-corrected chi connectivity index (χ1v) is 11.6. The van der Waals surface area contributed by atoms with E-state index in [1.54, 1.807) is 19.1 Å². The van der Waals surface area contributed by atoms with Crippen LogP contribution < -0.4 is 10.0 Å². The third-order valence-electron chi connectivity index (χ3n) is 4.62. The number of nitrogens with zero attached hydrogens (tertiary/aromatic N) is 2. The molecule has 0 unspecified atom stereocenters. The first-order chi connectivity index (χ1) is 14.4. The molecule has 1 amide bonds. The smallest absolute Gasteiger partial charge is 0.251 e. The summed E-state index contributed by atoms with van der Waals surface area (Å²) >= 11 is 1.51. The zero-order valence-electron chi connectivity index (χ0n) is 16.2. The van der Waals surface area contributed by atoms with Crippen LogP contribution in [0.15, 0.2) is 71.2 Å². The van der Waals surface area contributed by atoms with Gasteiger partial charge in [-0.2, -0.15) is 0 Å². The largest absolute Gasteiger partial charge is 0.346 e. The Hall–Kier alpha value is -3.01. The van der Waals surface area contributed by atoms with Crippen molar-refractivity contribution >= 4 is 32.2 Å². The molecule has 0 spiro atoms. The third-order valence-corrected chi connectivity index (χ3v) is 6.94. The number of imidazole rings is 1. The minimum Gasteiger partial charge on any atom is -0.346 e. The molecule has 0 bridgehead atoms. The number of sulfonamides is 1. The molecule has 0 aliphatic rings. The van der Waals surface area contributed by atoms with E-state index in [0.29, 0.717) is 5.56 Å². The average molecular weight is 441 g/mol. The van der Waals surface area contributed by atoms with Crippen LogP contribution in [0, 0.1) is 6.92 Å². The van der Waals surface area contributed by atoms with Crippen LogP contribution in [-0.4, -0.2) is 23.7 Å². The zero-order chi connectivity index (χ0) is 21.1. The number of hydrogen-bond acceptors (Lipinski definition) is 5. The van der Waals surface area contributed by atoms with E-state index in [1.165, 1.54) is 17.4 Å². The number of aryl methyl sites for hydroxylation is 1. The summed E-state index contributed by atoms with van der Waals surface area (Å²) in [4.78, 5) is 18.0. The van der Waals surface area contributed by atoms with Crippen LogP contribution in [-0.2, 0) is 23.1 Å². The highest BCUT2D eigenvalue weighted by atomic mass is 32.2. The van der Waals surface area contributed by atoms with Gasteiger partial charge >= 0.3 is 0 Å². The van der Waals surface area contributed by atoms with Crippen molar-refractivity contribution in [2.75, 3.05) is 0 Å². The Kier molecular flexibility index (Phi) is 5.67. The van der Waals surface area contributed by atoms with Gasteiger partial charge in [-0.3, -0.25) is 9.20 Å². The van der Waals surface area contributed by atoms with Gasteiger partial charge in [-0.1, -0.05) is 36.4 Å². The van der Waals surface area contributed by atoms with E-state index in [1.807, 2.05) is 52.5 Å². The Morgan fingerprint density at radius 1 is 1.13 bits per heavy atom. The van der Waals surface area contributed by atoms with Crippen LogP contribution in [0.5, 0.6) is 0 Å². The second kappa shape index (κ2) is 8.39. The van der Waals surface area contributed by atoms with Crippen molar-refractivity contribution in [2.24, 2.45) is 0 Å². The van der Waals surface area contributed by atoms with Crippen LogP contribution >= 0.6 is 11.3 Å². The van der Waals surface area contributed by atoms with E-state index < -0.39 is 10.0 Å². The average Bonchev–Trinajstić information content (AvgIpc) is 3.33. The number of carbonyl (C=O) groups is 1. The lowest BCUT2D eigenvalue weighted by Crippen LogP contribution is -2.26. The van der Waals surface area contributed by atoms with Crippen molar-refractivity contribution < 1.29 is 13.2 Å². The van der Waals surface area contributed by atoms with Gasteiger partial charge in [-0.15, -0.1) is 11.3 Å². The van der Waals surface area contributed by atoms with Gasteiger partial charge in [-0.25, -0.2) is 18.1 Å². The molecule has 2 heterocycles. The Morgan fingerprint density at radius 2 is 1.93 bits per heavy atom. The summed E-state index contributed by atoms with van der Waals surface area (Å²) in [5, 5.41) is 4.73. The third kappa shape index (κ3) is 4.43. The SMILES string of the molecule is Cc1ccc(C(=O)NCc2cn3ccsc3n2)cc1S(=O)(=O)NCc1ccccc1. The molecule has 0 radical (unpaired) electrons. The molecule has 2 aromatic carbocycles. The zero-order valence-corrected chi connectivity index (χ0v) is 17.8. The van der Waals surface area contributed by atoms with Gasteiger partial charge in [0.1, 0.15) is 0 Å². The van der Waals surface area contributed by atoms with E-state index in [-0.39, 0.29) is 29.5 Å². The normalized spacial score (nSPS) is 11.6. The van der Waals surface area contributed by atoms with Crippen LogP contribution in [0.3, 0.4) is 0 Å². The van der Waals surface area contributed by atoms with Gasteiger partial charge in [0.2, 0.25) is 10.0 Å². The van der Waals surface area contributed by atoms with Crippen molar-refractivity contribution in [3.8, 4) is 0 Å². The molecule has 0 fully saturated rings. The van der Waals surface area contributed by atoms with Gasteiger partial charge in [0, 0.05) is 29.9 Å². The number of nitrogens with one attached hydrogen (secondary N) is 2. The number of aromatic nitrogens is 2. The molecule has 2 aromatic heterocycles. The predicted octanol–water partition coefficient (Wildman–Crippen LogP) is 3.11. The predicted molar refractivity (Wildman–Crippen MR) is 116 cm³/mol. The number of rotatable bonds is 7. The fourth-order valence-corrected chi connectivity index (χ4v) is 5.02. The number of hydrogen-bond donors (Lipinski definition) is 2. The summed E-state index contributed by atoms with van der Waals surface area (Å²) in [6, 6.07) is 13.9. The number of benzene rings is 2. The van der Waals surface area contributed by atoms with Crippen LogP contribution in [0.25, 0.3) is 4.96 Å². The molecule has 7 nitrogen and oxygen atoms in total. The maximum Gasteiger partial charge on any atom is 0.251 e. The topological polar surface area (TPSA) is 92.6 Å². The summed E-state index contributed by atoms with van der Waals surface area (Å²) in [5.74, 6) is -0.356. The Bertz CT molecular complexity index is 1270. The molecular formula is C21H20N4O3S2. The minimum absolute atomic E-state index is 0.0913. The molecule has 2 N–H and O–H groups in total. The van der Waals surface area contributed by atoms with Gasteiger partial charge in [0.15, 0.2) is 4.96 Å². The lowest BCUT2D eigenvalue weighted by molar-refractivity contribution is 0.0950. The molecular weight excluding hydrogens is 420 g/mol. The van der Waals surface area contributed by atoms with E-state index in [9.17, 15) is 13.2 Å². The Labute approximate surface area is 178 Å². The van der Waals surface area contributed by atoms with E-state index >= 15 is 0 Å². The summed E-state index contributed by atoms with van der Waals surface area (Å²) < 4.78 is 30.1. The van der Waals surface area contributed by atoms with Gasteiger partial charge < -0.3 is 5.32 Å². The maximum absolute atomic E-state index is 12.8. The molecule has 4 rings (SSSR count). The van der Waals surface area contributed by atoms with Gasteiger partial charge in [-0.05, 0) is 30.2 Å². The molecule has 0 saturated heterocycles. The van der Waals surface area contributed by atoms with Crippen LogP contribution in [0.2, 0.25) is 0 Å². The monoisotopic (exact) mass is 440 g/mol. The Balaban J connectivity index is 1.47. The molecule has 154 valence electrons. The fourth-order valence-electron chi connectivity index (χ4n) is 3.02. The van der Waals surface area contributed by atoms with Crippen LogP contribution in [0.1, 0.15) is 27.2 Å². The summed E-state index contributed by atoms with van der Waals surface area (Å²) in [6.45, 7) is 2.14. The quantitative estimate of drug-likeness (QED) is 0.462. The van der Waals surface area contributed by atoms with Crippen molar-refractivity contribution in [3.05, 3.63) is 88.7 Å². The van der Waals surface area contributed by atoms with Crippen molar-refractivity contribution in [1.29, 1.82) is 0 Å². The van der Waals surface area contributed by atoms with Gasteiger partial charge in [0.05, 0.1) is 17.1 Å². The first kappa shape index (κ1) is 20.3. The molecule has 4 aromatic rings. The number of fused-ring (bicyclic) bond motifs is 1. The van der Waals surface area contributed by atoms with Crippen molar-refractivity contribution in [3.63, 3.8) is 0 Å². The molecule has 0 aliphatic heterocycles. The second-order valence-corrected chi connectivity index (χ2v) is 9.41. The van der Waals surface area contributed by atoms with E-state index in [2.05, 4.69) is 15.0 Å². The van der Waals surface area contributed by atoms with E-state index in [4.69, 9.17) is 0 Å². The number of carbonyl (C=O) groups excluding carboxylic acids is 1. The van der Waals surface area contributed by atoms with Crippen molar-refractivity contribution in [1.82, 2.24) is 19.4 Å².